The Morgan fingerprint density at radius 2 is 2.29 bits per heavy atom. The highest BCUT2D eigenvalue weighted by Gasteiger charge is 2.17. The van der Waals surface area contributed by atoms with Crippen molar-refractivity contribution in [3.8, 4) is 11.8 Å². The standard InChI is InChI=1S/C13H11N3O4S/c14-6-1-2-9-5-7-21-11(9)8-15-13(17)10-3-4-12(20-10)16(18)19/h3-5,7H,6,8,14H2,(H,15,17). The Morgan fingerprint density at radius 3 is 2.95 bits per heavy atom. The van der Waals surface area contributed by atoms with Crippen LogP contribution in [-0.4, -0.2) is 17.4 Å². The predicted molar refractivity (Wildman–Crippen MR) is 76.8 cm³/mol. The zero-order chi connectivity index (χ0) is 15.2. The number of amides is 1. The van der Waals surface area contributed by atoms with Gasteiger partial charge in [0, 0.05) is 10.4 Å². The average molecular weight is 305 g/mol. The number of nitrogens with two attached hydrogens (primary N) is 1. The summed E-state index contributed by atoms with van der Waals surface area (Å²) in [5.41, 5.74) is 6.11. The molecule has 2 aromatic rings. The van der Waals surface area contributed by atoms with Crippen molar-refractivity contribution in [1.29, 1.82) is 0 Å². The highest BCUT2D eigenvalue weighted by atomic mass is 32.1. The van der Waals surface area contributed by atoms with Gasteiger partial charge in [0.1, 0.15) is 4.92 Å². The summed E-state index contributed by atoms with van der Waals surface area (Å²) in [5.74, 6) is 4.56. The first-order chi connectivity index (χ1) is 10.1. The normalized spacial score (nSPS) is 9.76. The Balaban J connectivity index is 2.01. The van der Waals surface area contributed by atoms with E-state index in [2.05, 4.69) is 17.2 Å². The molecule has 8 heteroatoms. The van der Waals surface area contributed by atoms with Crippen molar-refractivity contribution in [2.24, 2.45) is 5.73 Å². The maximum atomic E-state index is 11.8. The van der Waals surface area contributed by atoms with Crippen LogP contribution in [-0.2, 0) is 6.54 Å². The fourth-order valence-corrected chi connectivity index (χ4v) is 2.30. The SMILES string of the molecule is NCC#Cc1ccsc1CNC(=O)c1ccc([N+](=O)[O-])o1. The number of nitro groups is 1. The lowest BCUT2D eigenvalue weighted by atomic mass is 10.2. The minimum Gasteiger partial charge on any atom is -0.395 e. The summed E-state index contributed by atoms with van der Waals surface area (Å²) in [4.78, 5) is 22.5. The van der Waals surface area contributed by atoms with E-state index in [-0.39, 0.29) is 18.8 Å². The van der Waals surface area contributed by atoms with Gasteiger partial charge in [-0.25, -0.2) is 0 Å². The zero-order valence-corrected chi connectivity index (χ0v) is 11.6. The first kappa shape index (κ1) is 14.8. The van der Waals surface area contributed by atoms with Crippen LogP contribution in [0.1, 0.15) is 21.0 Å². The maximum absolute atomic E-state index is 11.8. The molecule has 1 amide bonds. The van der Waals surface area contributed by atoms with E-state index in [4.69, 9.17) is 10.2 Å². The maximum Gasteiger partial charge on any atom is 0.433 e. The molecule has 2 heterocycles. The van der Waals surface area contributed by atoms with Crippen molar-refractivity contribution in [2.75, 3.05) is 6.54 Å². The van der Waals surface area contributed by atoms with Gasteiger partial charge >= 0.3 is 5.88 Å². The fraction of sp³-hybridized carbons (Fsp3) is 0.154. The van der Waals surface area contributed by atoms with Gasteiger partial charge in [-0.05, 0) is 17.5 Å². The van der Waals surface area contributed by atoms with E-state index in [0.29, 0.717) is 0 Å². The molecular weight excluding hydrogens is 294 g/mol. The summed E-state index contributed by atoms with van der Waals surface area (Å²) in [5, 5.41) is 15.0. The number of nitrogens with one attached hydrogen (secondary N) is 1. The summed E-state index contributed by atoms with van der Waals surface area (Å²) in [6.45, 7) is 0.525. The third-order valence-corrected chi connectivity index (χ3v) is 3.40. The predicted octanol–water partition coefficient (Wildman–Crippen LogP) is 1.49. The van der Waals surface area contributed by atoms with Crippen LogP contribution in [0.3, 0.4) is 0 Å². The van der Waals surface area contributed by atoms with E-state index in [1.165, 1.54) is 17.4 Å². The molecule has 108 valence electrons. The molecule has 0 aliphatic rings. The molecule has 0 aromatic carbocycles. The van der Waals surface area contributed by atoms with Crippen LogP contribution in [0.2, 0.25) is 0 Å². The van der Waals surface area contributed by atoms with Crippen LogP contribution >= 0.6 is 11.3 Å². The van der Waals surface area contributed by atoms with Crippen LogP contribution in [0.4, 0.5) is 5.88 Å². The molecule has 0 unspecified atom stereocenters. The molecule has 0 radical (unpaired) electrons. The smallest absolute Gasteiger partial charge is 0.395 e. The number of hydrogen-bond acceptors (Lipinski definition) is 6. The lowest BCUT2D eigenvalue weighted by molar-refractivity contribution is -0.402. The number of hydrogen-bond donors (Lipinski definition) is 2. The Morgan fingerprint density at radius 1 is 1.48 bits per heavy atom. The van der Waals surface area contributed by atoms with Gasteiger partial charge in [-0.1, -0.05) is 11.8 Å². The summed E-state index contributed by atoms with van der Waals surface area (Å²) in [6.07, 6.45) is 0. The van der Waals surface area contributed by atoms with Gasteiger partial charge in [0.05, 0.1) is 19.2 Å². The second kappa shape index (κ2) is 6.69. The lowest BCUT2D eigenvalue weighted by Crippen LogP contribution is -2.22. The quantitative estimate of drug-likeness (QED) is 0.505. The van der Waals surface area contributed by atoms with Crippen LogP contribution in [0.25, 0.3) is 0 Å². The van der Waals surface area contributed by atoms with E-state index in [1.54, 1.807) is 0 Å². The minimum atomic E-state index is -0.698. The van der Waals surface area contributed by atoms with Gasteiger partial charge in [-0.3, -0.25) is 14.9 Å². The van der Waals surface area contributed by atoms with Crippen LogP contribution < -0.4 is 11.1 Å². The number of thiophene rings is 1. The Hall–Kier alpha value is -2.63. The minimum absolute atomic E-state index is 0.104. The second-order valence-electron chi connectivity index (χ2n) is 3.84. The average Bonchev–Trinajstić information content (AvgIpc) is 3.11. The number of rotatable bonds is 4. The highest BCUT2D eigenvalue weighted by molar-refractivity contribution is 7.10. The van der Waals surface area contributed by atoms with Crippen molar-refractivity contribution in [1.82, 2.24) is 5.32 Å². The van der Waals surface area contributed by atoms with Crippen LogP contribution in [0, 0.1) is 22.0 Å². The molecule has 0 fully saturated rings. The molecule has 0 aliphatic carbocycles. The Bertz CT molecular complexity index is 723. The van der Waals surface area contributed by atoms with Crippen molar-refractivity contribution in [2.45, 2.75) is 6.54 Å². The molecule has 7 nitrogen and oxygen atoms in total. The van der Waals surface area contributed by atoms with E-state index >= 15 is 0 Å². The van der Waals surface area contributed by atoms with Crippen LogP contribution in [0.15, 0.2) is 28.0 Å². The monoisotopic (exact) mass is 305 g/mol. The fourth-order valence-electron chi connectivity index (χ4n) is 1.53. The highest BCUT2D eigenvalue weighted by Crippen LogP contribution is 2.17. The molecular formula is C13H11N3O4S. The number of carbonyl (C=O) groups excluding carboxylic acids is 1. The van der Waals surface area contributed by atoms with Gasteiger partial charge < -0.3 is 15.5 Å². The number of nitrogens with zero attached hydrogens (tertiary/aromatic N) is 1. The summed E-state index contributed by atoms with van der Waals surface area (Å²) < 4.78 is 4.82. The summed E-state index contributed by atoms with van der Waals surface area (Å²) >= 11 is 1.45. The summed E-state index contributed by atoms with van der Waals surface area (Å²) in [6, 6.07) is 4.24. The molecule has 0 aliphatic heterocycles. The number of carbonyl (C=O) groups is 1. The molecule has 0 bridgehead atoms. The Kier molecular flexibility index (Phi) is 4.71. The first-order valence-corrected chi connectivity index (χ1v) is 6.77. The molecule has 2 rings (SSSR count). The van der Waals surface area contributed by atoms with E-state index in [9.17, 15) is 14.9 Å². The lowest BCUT2D eigenvalue weighted by Gasteiger charge is -2.01. The summed E-state index contributed by atoms with van der Waals surface area (Å²) in [7, 11) is 0. The van der Waals surface area contributed by atoms with Gasteiger partial charge in [0.25, 0.3) is 5.91 Å². The van der Waals surface area contributed by atoms with Gasteiger partial charge in [0.2, 0.25) is 0 Å². The van der Waals surface area contributed by atoms with E-state index in [1.807, 2.05) is 11.4 Å². The van der Waals surface area contributed by atoms with Crippen LogP contribution in [0.5, 0.6) is 0 Å². The van der Waals surface area contributed by atoms with Crippen molar-refractivity contribution in [3.05, 3.63) is 49.9 Å². The topological polar surface area (TPSA) is 111 Å². The molecule has 3 N–H and O–H groups in total. The van der Waals surface area contributed by atoms with Crippen molar-refractivity contribution < 1.29 is 14.1 Å². The third-order valence-electron chi connectivity index (χ3n) is 2.48. The Labute approximate surface area is 123 Å². The molecule has 21 heavy (non-hydrogen) atoms. The van der Waals surface area contributed by atoms with E-state index < -0.39 is 16.7 Å². The molecule has 0 saturated carbocycles. The largest absolute Gasteiger partial charge is 0.433 e. The molecule has 2 aromatic heterocycles. The van der Waals surface area contributed by atoms with Gasteiger partial charge in [-0.2, -0.15) is 0 Å². The number of furan rings is 1. The second-order valence-corrected chi connectivity index (χ2v) is 4.84. The third kappa shape index (κ3) is 3.68. The molecule has 0 saturated heterocycles. The first-order valence-electron chi connectivity index (χ1n) is 5.89. The van der Waals surface area contributed by atoms with Crippen molar-refractivity contribution >= 4 is 23.1 Å². The van der Waals surface area contributed by atoms with Crippen molar-refractivity contribution in [3.63, 3.8) is 0 Å². The van der Waals surface area contributed by atoms with Gasteiger partial charge in [0.15, 0.2) is 5.76 Å². The zero-order valence-electron chi connectivity index (χ0n) is 10.8. The van der Waals surface area contributed by atoms with E-state index in [0.717, 1.165) is 16.5 Å². The molecule has 0 atom stereocenters. The van der Waals surface area contributed by atoms with Gasteiger partial charge in [-0.15, -0.1) is 11.3 Å². The molecule has 0 spiro atoms.